The predicted octanol–water partition coefficient (Wildman–Crippen LogP) is 3.14. The van der Waals surface area contributed by atoms with Crippen LogP contribution in [-0.4, -0.2) is 21.0 Å². The van der Waals surface area contributed by atoms with Crippen molar-refractivity contribution >= 4 is 28.4 Å². The molecule has 1 heterocycles. The minimum absolute atomic E-state index is 0.0259. The van der Waals surface area contributed by atoms with Gasteiger partial charge in [-0.15, -0.1) is 0 Å². The monoisotopic (exact) mass is 297 g/mol. The van der Waals surface area contributed by atoms with Crippen LogP contribution in [0.2, 0.25) is 0 Å². The Hall–Kier alpha value is -3.02. The number of anilines is 2. The zero-order valence-corrected chi connectivity index (χ0v) is 11.5. The highest BCUT2D eigenvalue weighted by Gasteiger charge is 2.07. The molecule has 0 radical (unpaired) electrons. The highest BCUT2D eigenvalue weighted by atomic mass is 19.1. The van der Waals surface area contributed by atoms with Crippen LogP contribution in [-0.2, 0) is 11.2 Å². The van der Waals surface area contributed by atoms with Gasteiger partial charge in [0.2, 0.25) is 0 Å². The first-order valence-electron chi connectivity index (χ1n) is 6.60. The average molecular weight is 297 g/mol. The molecule has 6 heteroatoms. The molecule has 0 aliphatic heterocycles. The highest BCUT2D eigenvalue weighted by Crippen LogP contribution is 2.24. The normalized spacial score (nSPS) is 10.6. The van der Waals surface area contributed by atoms with E-state index in [1.54, 1.807) is 36.4 Å². The van der Waals surface area contributed by atoms with Crippen LogP contribution in [0.1, 0.15) is 5.56 Å². The van der Waals surface area contributed by atoms with Crippen molar-refractivity contribution < 1.29 is 14.3 Å². The Morgan fingerprint density at radius 1 is 1.14 bits per heavy atom. The molecule has 5 nitrogen and oxygen atoms in total. The van der Waals surface area contributed by atoms with Crippen LogP contribution in [0.3, 0.4) is 0 Å². The summed E-state index contributed by atoms with van der Waals surface area (Å²) in [6, 6.07) is 11.6. The molecule has 0 aliphatic rings. The molecule has 0 bridgehead atoms. The van der Waals surface area contributed by atoms with Gasteiger partial charge in [-0.3, -0.25) is 4.79 Å². The van der Waals surface area contributed by atoms with E-state index in [-0.39, 0.29) is 11.9 Å². The topological polar surface area (TPSA) is 75.1 Å². The molecule has 0 atom stereocenters. The molecule has 2 N–H and O–H groups in total. The van der Waals surface area contributed by atoms with Gasteiger partial charge in [-0.25, -0.2) is 14.4 Å². The molecule has 1 aromatic heterocycles. The van der Waals surface area contributed by atoms with E-state index in [0.29, 0.717) is 16.8 Å². The SMILES string of the molecule is O=C(O)Cc1ccc(Nc2ncnc3c(F)cccc23)cc1. The molecule has 0 amide bonds. The number of hydrogen-bond donors (Lipinski definition) is 2. The second kappa shape index (κ2) is 5.77. The second-order valence-corrected chi connectivity index (χ2v) is 4.75. The molecule has 0 unspecified atom stereocenters. The average Bonchev–Trinajstić information content (AvgIpc) is 2.50. The molecule has 0 saturated carbocycles. The van der Waals surface area contributed by atoms with Crippen LogP contribution in [0, 0.1) is 5.82 Å². The summed E-state index contributed by atoms with van der Waals surface area (Å²) >= 11 is 0. The summed E-state index contributed by atoms with van der Waals surface area (Å²) in [5, 5.41) is 12.4. The number of halogens is 1. The van der Waals surface area contributed by atoms with Crippen LogP contribution in [0.15, 0.2) is 48.8 Å². The predicted molar refractivity (Wildman–Crippen MR) is 80.6 cm³/mol. The van der Waals surface area contributed by atoms with Gasteiger partial charge in [0.1, 0.15) is 23.5 Å². The van der Waals surface area contributed by atoms with Crippen molar-refractivity contribution in [3.8, 4) is 0 Å². The number of carboxylic acids is 1. The number of hydrogen-bond acceptors (Lipinski definition) is 4. The van der Waals surface area contributed by atoms with Crippen LogP contribution < -0.4 is 5.32 Å². The molecule has 3 rings (SSSR count). The first-order valence-corrected chi connectivity index (χ1v) is 6.60. The van der Waals surface area contributed by atoms with Crippen molar-refractivity contribution in [2.24, 2.45) is 0 Å². The lowest BCUT2D eigenvalue weighted by Crippen LogP contribution is -2.00. The molecule has 0 fully saturated rings. The van der Waals surface area contributed by atoms with Crippen molar-refractivity contribution in [2.75, 3.05) is 5.32 Å². The molecule has 0 spiro atoms. The fraction of sp³-hybridized carbons (Fsp3) is 0.0625. The van der Waals surface area contributed by atoms with E-state index < -0.39 is 11.8 Å². The summed E-state index contributed by atoms with van der Waals surface area (Å²) in [7, 11) is 0. The summed E-state index contributed by atoms with van der Waals surface area (Å²) in [5.74, 6) is -0.784. The van der Waals surface area contributed by atoms with Gasteiger partial charge < -0.3 is 10.4 Å². The van der Waals surface area contributed by atoms with Crippen molar-refractivity contribution in [1.29, 1.82) is 0 Å². The number of aliphatic carboxylic acids is 1. The maximum atomic E-state index is 13.7. The zero-order chi connectivity index (χ0) is 15.5. The summed E-state index contributed by atoms with van der Waals surface area (Å²) in [6.45, 7) is 0. The highest BCUT2D eigenvalue weighted by molar-refractivity contribution is 5.90. The summed E-state index contributed by atoms with van der Waals surface area (Å²) < 4.78 is 13.7. The van der Waals surface area contributed by atoms with Gasteiger partial charge in [-0.2, -0.15) is 0 Å². The Labute approximate surface area is 125 Å². The number of aromatic nitrogens is 2. The minimum atomic E-state index is -0.877. The van der Waals surface area contributed by atoms with Gasteiger partial charge in [0.25, 0.3) is 0 Å². The number of carboxylic acid groups (broad SMARTS) is 1. The Balaban J connectivity index is 1.90. The van der Waals surface area contributed by atoms with Gasteiger partial charge in [0.15, 0.2) is 0 Å². The molecule has 22 heavy (non-hydrogen) atoms. The maximum Gasteiger partial charge on any atom is 0.307 e. The van der Waals surface area contributed by atoms with Crippen LogP contribution in [0.25, 0.3) is 10.9 Å². The van der Waals surface area contributed by atoms with Crippen molar-refractivity contribution in [2.45, 2.75) is 6.42 Å². The molecule has 0 saturated heterocycles. The zero-order valence-electron chi connectivity index (χ0n) is 11.5. The van der Waals surface area contributed by atoms with Gasteiger partial charge >= 0.3 is 5.97 Å². The number of nitrogens with zero attached hydrogens (tertiary/aromatic N) is 2. The van der Waals surface area contributed by atoms with Crippen LogP contribution in [0.4, 0.5) is 15.9 Å². The molecular formula is C16H12FN3O2. The largest absolute Gasteiger partial charge is 0.481 e. The smallest absolute Gasteiger partial charge is 0.307 e. The summed E-state index contributed by atoms with van der Waals surface area (Å²) in [6.07, 6.45) is 1.27. The van der Waals surface area contributed by atoms with Crippen LogP contribution in [0.5, 0.6) is 0 Å². The third-order valence-electron chi connectivity index (χ3n) is 3.19. The Kier molecular flexibility index (Phi) is 3.65. The van der Waals surface area contributed by atoms with E-state index >= 15 is 0 Å². The van der Waals surface area contributed by atoms with Gasteiger partial charge in [-0.05, 0) is 29.8 Å². The van der Waals surface area contributed by atoms with E-state index in [1.807, 2.05) is 0 Å². The standard InChI is InChI=1S/C16H12FN3O2/c17-13-3-1-2-12-15(13)18-9-19-16(12)20-11-6-4-10(5-7-11)8-14(21)22/h1-7,9H,8H2,(H,21,22)(H,18,19,20). The lowest BCUT2D eigenvalue weighted by molar-refractivity contribution is -0.136. The molecule has 3 aromatic rings. The van der Waals surface area contributed by atoms with Gasteiger partial charge in [0, 0.05) is 11.1 Å². The second-order valence-electron chi connectivity index (χ2n) is 4.75. The minimum Gasteiger partial charge on any atom is -0.481 e. The number of nitrogens with one attached hydrogen (secondary N) is 1. The number of rotatable bonds is 4. The Morgan fingerprint density at radius 3 is 2.64 bits per heavy atom. The number of fused-ring (bicyclic) bond motifs is 1. The third kappa shape index (κ3) is 2.85. The third-order valence-corrected chi connectivity index (χ3v) is 3.19. The molecule has 2 aromatic carbocycles. The van der Waals surface area contributed by atoms with E-state index in [4.69, 9.17) is 5.11 Å². The summed E-state index contributed by atoms with van der Waals surface area (Å²) in [5.41, 5.74) is 1.69. The lowest BCUT2D eigenvalue weighted by Gasteiger charge is -2.09. The quantitative estimate of drug-likeness (QED) is 0.773. The Bertz CT molecular complexity index is 834. The molecule has 0 aliphatic carbocycles. The van der Waals surface area contributed by atoms with Crippen molar-refractivity contribution in [1.82, 2.24) is 9.97 Å². The van der Waals surface area contributed by atoms with E-state index in [9.17, 15) is 9.18 Å². The fourth-order valence-corrected chi connectivity index (χ4v) is 2.17. The maximum absolute atomic E-state index is 13.7. The first kappa shape index (κ1) is 13.9. The number of benzene rings is 2. The lowest BCUT2D eigenvalue weighted by atomic mass is 10.1. The van der Waals surface area contributed by atoms with Gasteiger partial charge in [-0.1, -0.05) is 18.2 Å². The Morgan fingerprint density at radius 2 is 1.91 bits per heavy atom. The van der Waals surface area contributed by atoms with Gasteiger partial charge in [0.05, 0.1) is 6.42 Å². The van der Waals surface area contributed by atoms with E-state index in [0.717, 1.165) is 5.69 Å². The van der Waals surface area contributed by atoms with E-state index in [2.05, 4.69) is 15.3 Å². The van der Waals surface area contributed by atoms with Crippen molar-refractivity contribution in [3.05, 3.63) is 60.2 Å². The first-order chi connectivity index (χ1) is 10.6. The van der Waals surface area contributed by atoms with E-state index in [1.165, 1.54) is 12.4 Å². The number of carbonyl (C=O) groups is 1. The molecule has 110 valence electrons. The van der Waals surface area contributed by atoms with Crippen LogP contribution >= 0.6 is 0 Å². The fourth-order valence-electron chi connectivity index (χ4n) is 2.17. The number of para-hydroxylation sites is 1. The summed E-state index contributed by atoms with van der Waals surface area (Å²) in [4.78, 5) is 18.7. The van der Waals surface area contributed by atoms with Crippen molar-refractivity contribution in [3.63, 3.8) is 0 Å². The molecular weight excluding hydrogens is 285 g/mol.